The molecular weight excluding hydrogens is 286 g/mol. The molecule has 0 aromatic carbocycles. The number of thiophene rings is 1. The van der Waals surface area contributed by atoms with Crippen molar-refractivity contribution in [1.29, 1.82) is 0 Å². The van der Waals surface area contributed by atoms with Gasteiger partial charge in [-0.25, -0.2) is 9.78 Å². The van der Waals surface area contributed by atoms with Crippen molar-refractivity contribution in [3.05, 3.63) is 50.9 Å². The lowest BCUT2D eigenvalue weighted by Crippen LogP contribution is -2.06. The van der Waals surface area contributed by atoms with E-state index in [0.717, 1.165) is 29.7 Å². The average molecular weight is 299 g/mol. The zero-order chi connectivity index (χ0) is 14.2. The zero-order valence-corrected chi connectivity index (χ0v) is 12.1. The van der Waals surface area contributed by atoms with Crippen molar-refractivity contribution in [1.82, 2.24) is 4.98 Å². The van der Waals surface area contributed by atoms with Crippen molar-refractivity contribution in [3.8, 4) is 0 Å². The predicted molar refractivity (Wildman–Crippen MR) is 82.4 cm³/mol. The Morgan fingerprint density at radius 3 is 3.00 bits per heavy atom. The summed E-state index contributed by atoms with van der Waals surface area (Å²) in [7, 11) is 0. The van der Waals surface area contributed by atoms with Crippen LogP contribution in [0.4, 0.5) is 0 Å². The van der Waals surface area contributed by atoms with Gasteiger partial charge in [-0.3, -0.25) is 0 Å². The number of nitrogens with zero attached hydrogens (tertiary/aromatic N) is 1. The zero-order valence-electron chi connectivity index (χ0n) is 11.3. The number of hydrogen-bond acceptors (Lipinski definition) is 5. The van der Waals surface area contributed by atoms with Crippen LogP contribution in [0, 0.1) is 0 Å². The highest BCUT2D eigenvalue weighted by Crippen LogP contribution is 2.33. The Morgan fingerprint density at radius 1 is 1.24 bits per heavy atom. The Labute approximate surface area is 124 Å². The van der Waals surface area contributed by atoms with Gasteiger partial charge in [-0.05, 0) is 49.5 Å². The lowest BCUT2D eigenvalue weighted by atomic mass is 9.97. The summed E-state index contributed by atoms with van der Waals surface area (Å²) in [4.78, 5) is 18.8. The second kappa shape index (κ2) is 5.00. The first-order valence-electron chi connectivity index (χ1n) is 6.98. The second-order valence-corrected chi connectivity index (χ2v) is 6.16. The van der Waals surface area contributed by atoms with Gasteiger partial charge in [0.15, 0.2) is 0 Å². The van der Waals surface area contributed by atoms with E-state index in [1.165, 1.54) is 11.3 Å². The summed E-state index contributed by atoms with van der Waals surface area (Å²) >= 11 is 1.62. The molecule has 4 rings (SSSR count). The minimum absolute atomic E-state index is 0.279. The van der Waals surface area contributed by atoms with Crippen molar-refractivity contribution >= 4 is 33.7 Å². The molecule has 1 aliphatic rings. The summed E-state index contributed by atoms with van der Waals surface area (Å²) in [6.07, 6.45) is 9.34. The Kier molecular flexibility index (Phi) is 3.00. The maximum Gasteiger partial charge on any atom is 0.348 e. The van der Waals surface area contributed by atoms with E-state index < -0.39 is 0 Å². The number of aryl methyl sites for hydroxylation is 2. The molecule has 1 aliphatic carbocycles. The molecule has 0 radical (unpaired) electrons. The Bertz CT molecular complexity index is 871. The highest BCUT2D eigenvalue weighted by molar-refractivity contribution is 7.18. The van der Waals surface area contributed by atoms with Crippen molar-refractivity contribution in [2.45, 2.75) is 25.7 Å². The van der Waals surface area contributed by atoms with E-state index >= 15 is 0 Å². The molecule has 3 aromatic heterocycles. The maximum atomic E-state index is 12.2. The maximum absolute atomic E-state index is 12.2. The minimum atomic E-state index is -0.279. The molecule has 3 heterocycles. The van der Waals surface area contributed by atoms with Gasteiger partial charge in [0.1, 0.15) is 16.0 Å². The average Bonchev–Trinajstić information content (AvgIpc) is 3.12. The van der Waals surface area contributed by atoms with E-state index in [-0.39, 0.29) is 5.63 Å². The van der Waals surface area contributed by atoms with Crippen LogP contribution in [-0.2, 0) is 12.8 Å². The van der Waals surface area contributed by atoms with Gasteiger partial charge >= 0.3 is 5.63 Å². The van der Waals surface area contributed by atoms with Crippen LogP contribution in [0.2, 0.25) is 0 Å². The van der Waals surface area contributed by atoms with E-state index in [1.807, 2.05) is 6.07 Å². The SMILES string of the molecule is O=c1oc(/C=C/c2ccco2)nc2sc3c(c12)CCCC3. The summed E-state index contributed by atoms with van der Waals surface area (Å²) in [5.74, 6) is 1.02. The molecule has 4 nitrogen and oxygen atoms in total. The van der Waals surface area contributed by atoms with Crippen LogP contribution < -0.4 is 5.63 Å². The summed E-state index contributed by atoms with van der Waals surface area (Å²) < 4.78 is 10.5. The molecule has 0 unspecified atom stereocenters. The molecule has 0 saturated carbocycles. The van der Waals surface area contributed by atoms with Crippen molar-refractivity contribution in [3.63, 3.8) is 0 Å². The summed E-state index contributed by atoms with van der Waals surface area (Å²) in [6.45, 7) is 0. The van der Waals surface area contributed by atoms with Gasteiger partial charge in [0.2, 0.25) is 5.89 Å². The first kappa shape index (κ1) is 12.6. The molecule has 106 valence electrons. The van der Waals surface area contributed by atoms with Gasteiger partial charge in [-0.2, -0.15) is 0 Å². The third kappa shape index (κ3) is 2.23. The number of aromatic nitrogens is 1. The third-order valence-corrected chi connectivity index (χ3v) is 4.88. The van der Waals surface area contributed by atoms with E-state index in [9.17, 15) is 4.79 Å². The third-order valence-electron chi connectivity index (χ3n) is 3.70. The quantitative estimate of drug-likeness (QED) is 0.720. The van der Waals surface area contributed by atoms with Gasteiger partial charge in [-0.1, -0.05) is 0 Å². The van der Waals surface area contributed by atoms with Gasteiger partial charge in [-0.15, -0.1) is 11.3 Å². The van der Waals surface area contributed by atoms with Crippen LogP contribution in [0.1, 0.15) is 34.9 Å². The minimum Gasteiger partial charge on any atom is -0.465 e. The predicted octanol–water partition coefficient (Wildman–Crippen LogP) is 3.89. The van der Waals surface area contributed by atoms with Gasteiger partial charge in [0, 0.05) is 11.0 Å². The van der Waals surface area contributed by atoms with E-state index in [2.05, 4.69) is 4.98 Å². The lowest BCUT2D eigenvalue weighted by molar-refractivity contribution is 0.490. The van der Waals surface area contributed by atoms with E-state index in [4.69, 9.17) is 8.83 Å². The Balaban J connectivity index is 1.80. The standard InChI is InChI=1S/C16H13NO3S/c18-16-14-11-5-1-2-6-12(11)21-15(14)17-13(20-16)8-7-10-4-3-9-19-10/h3-4,7-9H,1-2,5-6H2/b8-7+. The molecule has 0 fully saturated rings. The number of fused-ring (bicyclic) bond motifs is 3. The van der Waals surface area contributed by atoms with E-state index in [1.54, 1.807) is 35.8 Å². The molecule has 3 aromatic rings. The van der Waals surface area contributed by atoms with Crippen LogP contribution >= 0.6 is 11.3 Å². The topological polar surface area (TPSA) is 56.2 Å². The molecular formula is C16H13NO3S. The van der Waals surface area contributed by atoms with Crippen molar-refractivity contribution in [2.24, 2.45) is 0 Å². The molecule has 5 heteroatoms. The Morgan fingerprint density at radius 2 is 2.14 bits per heavy atom. The first-order chi connectivity index (χ1) is 10.3. The van der Waals surface area contributed by atoms with Crippen LogP contribution in [0.3, 0.4) is 0 Å². The van der Waals surface area contributed by atoms with Crippen LogP contribution in [0.25, 0.3) is 22.4 Å². The molecule has 21 heavy (non-hydrogen) atoms. The smallest absolute Gasteiger partial charge is 0.348 e. The number of hydrogen-bond donors (Lipinski definition) is 0. The lowest BCUT2D eigenvalue weighted by Gasteiger charge is -2.09. The molecule has 0 aliphatic heterocycles. The highest BCUT2D eigenvalue weighted by Gasteiger charge is 2.20. The molecule has 0 atom stereocenters. The van der Waals surface area contributed by atoms with Gasteiger partial charge < -0.3 is 8.83 Å². The molecule has 0 spiro atoms. The van der Waals surface area contributed by atoms with Crippen molar-refractivity contribution in [2.75, 3.05) is 0 Å². The van der Waals surface area contributed by atoms with E-state index in [0.29, 0.717) is 17.0 Å². The number of rotatable bonds is 2. The second-order valence-electron chi connectivity index (χ2n) is 5.08. The summed E-state index contributed by atoms with van der Waals surface area (Å²) in [5, 5.41) is 0.685. The summed E-state index contributed by atoms with van der Waals surface area (Å²) in [5.41, 5.74) is 0.877. The molecule has 0 N–H and O–H groups in total. The van der Waals surface area contributed by atoms with Crippen LogP contribution in [0.15, 0.2) is 32.0 Å². The largest absolute Gasteiger partial charge is 0.465 e. The monoisotopic (exact) mass is 299 g/mol. The molecule has 0 bridgehead atoms. The normalized spacial score (nSPS) is 14.9. The first-order valence-corrected chi connectivity index (χ1v) is 7.80. The fourth-order valence-corrected chi connectivity index (χ4v) is 3.97. The van der Waals surface area contributed by atoms with Gasteiger partial charge in [0.05, 0.1) is 6.26 Å². The Hall–Kier alpha value is -2.14. The number of furan rings is 1. The molecule has 0 saturated heterocycles. The fourth-order valence-electron chi connectivity index (χ4n) is 2.72. The summed E-state index contributed by atoms with van der Waals surface area (Å²) in [6, 6.07) is 3.64. The van der Waals surface area contributed by atoms with Crippen LogP contribution in [0.5, 0.6) is 0 Å². The fraction of sp³-hybridized carbons (Fsp3) is 0.250. The van der Waals surface area contributed by atoms with Gasteiger partial charge in [0.25, 0.3) is 0 Å². The highest BCUT2D eigenvalue weighted by atomic mass is 32.1. The molecule has 0 amide bonds. The van der Waals surface area contributed by atoms with Crippen LogP contribution in [-0.4, -0.2) is 4.98 Å². The van der Waals surface area contributed by atoms with Crippen molar-refractivity contribution < 1.29 is 8.83 Å².